The van der Waals surface area contributed by atoms with E-state index < -0.39 is 0 Å². The van der Waals surface area contributed by atoms with Gasteiger partial charge in [-0.3, -0.25) is 4.90 Å². The van der Waals surface area contributed by atoms with Gasteiger partial charge < -0.3 is 15.4 Å². The summed E-state index contributed by atoms with van der Waals surface area (Å²) in [6.45, 7) is 5.65. The molecule has 0 saturated carbocycles. The van der Waals surface area contributed by atoms with Gasteiger partial charge in [-0.15, -0.1) is 0 Å². The number of carbonyl (C=O) groups excluding carboxylic acids is 1. The predicted molar refractivity (Wildman–Crippen MR) is 83.4 cm³/mol. The van der Waals surface area contributed by atoms with Gasteiger partial charge >= 0.3 is 6.09 Å². The van der Waals surface area contributed by atoms with Gasteiger partial charge in [0.25, 0.3) is 0 Å². The summed E-state index contributed by atoms with van der Waals surface area (Å²) < 4.78 is 5.03. The number of piperazine rings is 1. The number of hydrogen-bond acceptors (Lipinski definition) is 4. The van der Waals surface area contributed by atoms with E-state index in [4.69, 9.17) is 22.1 Å². The second-order valence-corrected chi connectivity index (χ2v) is 5.46. The molecule has 0 spiro atoms. The zero-order valence-electron chi connectivity index (χ0n) is 12.3. The lowest BCUT2D eigenvalue weighted by Gasteiger charge is -2.38. The summed E-state index contributed by atoms with van der Waals surface area (Å²) in [7, 11) is 0. The first kappa shape index (κ1) is 16.1. The Labute approximate surface area is 130 Å². The van der Waals surface area contributed by atoms with E-state index in [0.717, 1.165) is 23.7 Å². The minimum atomic E-state index is -0.232. The summed E-state index contributed by atoms with van der Waals surface area (Å²) in [5.41, 5.74) is 7.06. The molecule has 0 aromatic heterocycles. The molecule has 0 radical (unpaired) electrons. The topological polar surface area (TPSA) is 58.8 Å². The fourth-order valence-corrected chi connectivity index (χ4v) is 2.84. The quantitative estimate of drug-likeness (QED) is 0.925. The van der Waals surface area contributed by atoms with Crippen molar-refractivity contribution < 1.29 is 9.53 Å². The van der Waals surface area contributed by atoms with E-state index in [2.05, 4.69) is 4.90 Å². The normalized spacial score (nSPS) is 17.6. The maximum absolute atomic E-state index is 11.7. The van der Waals surface area contributed by atoms with Crippen molar-refractivity contribution in [2.45, 2.75) is 13.0 Å². The third kappa shape index (κ3) is 4.09. The highest BCUT2D eigenvalue weighted by Crippen LogP contribution is 2.23. The van der Waals surface area contributed by atoms with Crippen molar-refractivity contribution in [2.24, 2.45) is 5.73 Å². The van der Waals surface area contributed by atoms with Crippen molar-refractivity contribution in [3.8, 4) is 0 Å². The highest BCUT2D eigenvalue weighted by molar-refractivity contribution is 6.30. The SMILES string of the molecule is CCOC(=O)N1CCN(C(CN)c2cccc(Cl)c2)CC1. The van der Waals surface area contributed by atoms with Crippen LogP contribution in [0.3, 0.4) is 0 Å². The Morgan fingerprint density at radius 1 is 1.38 bits per heavy atom. The van der Waals surface area contributed by atoms with Crippen LogP contribution in [0.1, 0.15) is 18.5 Å². The molecule has 1 atom stereocenters. The van der Waals surface area contributed by atoms with E-state index in [1.54, 1.807) is 4.90 Å². The molecule has 21 heavy (non-hydrogen) atoms. The largest absolute Gasteiger partial charge is 0.450 e. The summed E-state index contributed by atoms with van der Waals surface area (Å²) in [4.78, 5) is 15.7. The summed E-state index contributed by atoms with van der Waals surface area (Å²) in [6, 6.07) is 7.93. The third-order valence-electron chi connectivity index (χ3n) is 3.74. The van der Waals surface area contributed by atoms with Crippen LogP contribution < -0.4 is 5.73 Å². The molecular weight excluding hydrogens is 290 g/mol. The van der Waals surface area contributed by atoms with Crippen LogP contribution in [0.4, 0.5) is 4.79 Å². The molecule has 1 aliphatic rings. The number of hydrogen-bond donors (Lipinski definition) is 1. The van der Waals surface area contributed by atoms with Crippen LogP contribution in [0.5, 0.6) is 0 Å². The van der Waals surface area contributed by atoms with Gasteiger partial charge in [-0.05, 0) is 24.6 Å². The first-order valence-electron chi connectivity index (χ1n) is 7.27. The van der Waals surface area contributed by atoms with Crippen LogP contribution in [0.2, 0.25) is 5.02 Å². The molecule has 0 aliphatic carbocycles. The number of nitrogens with two attached hydrogens (primary N) is 1. The highest BCUT2D eigenvalue weighted by atomic mass is 35.5. The van der Waals surface area contributed by atoms with Crippen molar-refractivity contribution in [1.82, 2.24) is 9.80 Å². The van der Waals surface area contributed by atoms with E-state index >= 15 is 0 Å². The molecule has 1 unspecified atom stereocenters. The maximum Gasteiger partial charge on any atom is 0.409 e. The molecule has 1 aliphatic heterocycles. The molecule has 1 heterocycles. The number of rotatable bonds is 4. The van der Waals surface area contributed by atoms with Gasteiger partial charge in [0.15, 0.2) is 0 Å². The fraction of sp³-hybridized carbons (Fsp3) is 0.533. The molecular formula is C15H22ClN3O2. The zero-order chi connectivity index (χ0) is 15.2. The molecule has 1 saturated heterocycles. The van der Waals surface area contributed by atoms with E-state index in [1.165, 1.54) is 0 Å². The second kappa shape index (κ2) is 7.64. The predicted octanol–water partition coefficient (Wildman–Crippen LogP) is 2.11. The molecule has 1 amide bonds. The molecule has 5 nitrogen and oxygen atoms in total. The molecule has 116 valence electrons. The Kier molecular flexibility index (Phi) is 5.85. The summed E-state index contributed by atoms with van der Waals surface area (Å²) in [5, 5.41) is 0.719. The number of carbonyl (C=O) groups is 1. The van der Waals surface area contributed by atoms with Crippen molar-refractivity contribution in [3.05, 3.63) is 34.9 Å². The minimum Gasteiger partial charge on any atom is -0.450 e. The number of ether oxygens (including phenoxy) is 1. The van der Waals surface area contributed by atoms with Gasteiger partial charge in [0.05, 0.1) is 6.61 Å². The molecule has 0 bridgehead atoms. The van der Waals surface area contributed by atoms with Gasteiger partial charge in [-0.2, -0.15) is 0 Å². The van der Waals surface area contributed by atoms with Crippen molar-refractivity contribution >= 4 is 17.7 Å². The van der Waals surface area contributed by atoms with Crippen molar-refractivity contribution in [1.29, 1.82) is 0 Å². The first-order valence-corrected chi connectivity index (χ1v) is 7.64. The van der Waals surface area contributed by atoms with Crippen LogP contribution in [0, 0.1) is 0 Å². The van der Waals surface area contributed by atoms with Crippen LogP contribution in [-0.4, -0.2) is 55.2 Å². The zero-order valence-corrected chi connectivity index (χ0v) is 13.1. The molecule has 1 aromatic rings. The van der Waals surface area contributed by atoms with Gasteiger partial charge in [0.2, 0.25) is 0 Å². The van der Waals surface area contributed by atoms with Gasteiger partial charge in [-0.25, -0.2) is 4.79 Å². The summed E-state index contributed by atoms with van der Waals surface area (Å²) >= 11 is 6.06. The van der Waals surface area contributed by atoms with E-state index in [9.17, 15) is 4.79 Å². The average molecular weight is 312 g/mol. The van der Waals surface area contributed by atoms with E-state index in [1.807, 2.05) is 31.2 Å². The monoisotopic (exact) mass is 311 g/mol. The van der Waals surface area contributed by atoms with Crippen LogP contribution >= 0.6 is 11.6 Å². The second-order valence-electron chi connectivity index (χ2n) is 5.03. The number of amides is 1. The summed E-state index contributed by atoms with van der Waals surface area (Å²) in [5.74, 6) is 0. The lowest BCUT2D eigenvalue weighted by molar-refractivity contribution is 0.0671. The minimum absolute atomic E-state index is 0.132. The van der Waals surface area contributed by atoms with Crippen molar-refractivity contribution in [3.63, 3.8) is 0 Å². The fourth-order valence-electron chi connectivity index (χ4n) is 2.64. The Morgan fingerprint density at radius 2 is 2.10 bits per heavy atom. The van der Waals surface area contributed by atoms with E-state index in [-0.39, 0.29) is 12.1 Å². The Hall–Kier alpha value is -1.30. The van der Waals surface area contributed by atoms with Crippen LogP contribution in [-0.2, 0) is 4.74 Å². The number of nitrogens with zero attached hydrogens (tertiary/aromatic N) is 2. The molecule has 6 heteroatoms. The Balaban J connectivity index is 1.98. The molecule has 1 aromatic carbocycles. The summed E-state index contributed by atoms with van der Waals surface area (Å²) in [6.07, 6.45) is -0.232. The standard InChI is InChI=1S/C15H22ClN3O2/c1-2-21-15(20)19-8-6-18(7-9-19)14(11-17)12-4-3-5-13(16)10-12/h3-5,10,14H,2,6-9,11,17H2,1H3. The Morgan fingerprint density at radius 3 is 2.67 bits per heavy atom. The molecule has 2 rings (SSSR count). The Bertz CT molecular complexity index is 476. The highest BCUT2D eigenvalue weighted by Gasteiger charge is 2.26. The third-order valence-corrected chi connectivity index (χ3v) is 3.97. The van der Waals surface area contributed by atoms with Crippen LogP contribution in [0.15, 0.2) is 24.3 Å². The lowest BCUT2D eigenvalue weighted by atomic mass is 10.0. The lowest BCUT2D eigenvalue weighted by Crippen LogP contribution is -2.50. The maximum atomic E-state index is 11.7. The van der Waals surface area contributed by atoms with Gasteiger partial charge in [0.1, 0.15) is 0 Å². The first-order chi connectivity index (χ1) is 10.2. The van der Waals surface area contributed by atoms with E-state index in [0.29, 0.717) is 26.2 Å². The molecule has 2 N–H and O–H groups in total. The number of benzene rings is 1. The molecule has 1 fully saturated rings. The average Bonchev–Trinajstić information content (AvgIpc) is 2.49. The number of halogens is 1. The van der Waals surface area contributed by atoms with Crippen LogP contribution in [0.25, 0.3) is 0 Å². The van der Waals surface area contributed by atoms with Crippen molar-refractivity contribution in [2.75, 3.05) is 39.3 Å². The smallest absolute Gasteiger partial charge is 0.409 e. The van der Waals surface area contributed by atoms with Gasteiger partial charge in [-0.1, -0.05) is 23.7 Å². The van der Waals surface area contributed by atoms with Gasteiger partial charge in [0, 0.05) is 43.8 Å².